The van der Waals surface area contributed by atoms with Gasteiger partial charge in [0.15, 0.2) is 0 Å². The molecule has 2 aliphatic rings. The van der Waals surface area contributed by atoms with E-state index in [1.165, 1.54) is 0 Å². The molecule has 18 heavy (non-hydrogen) atoms. The normalized spacial score (nSPS) is 29.1. The van der Waals surface area contributed by atoms with Crippen LogP contribution in [-0.4, -0.2) is 49.7 Å². The monoisotopic (exact) mass is 295 g/mol. The average molecular weight is 296 g/mol. The molecular formula is C12H22ClNO3S. The Kier molecular flexibility index (Phi) is 5.30. The molecule has 0 spiro atoms. The molecule has 2 heterocycles. The van der Waals surface area contributed by atoms with Crippen LogP contribution in [-0.2, 0) is 14.8 Å². The van der Waals surface area contributed by atoms with E-state index in [0.717, 1.165) is 25.7 Å². The number of rotatable bonds is 3. The van der Waals surface area contributed by atoms with Crippen LogP contribution in [0.3, 0.4) is 0 Å². The molecule has 1 atom stereocenters. The van der Waals surface area contributed by atoms with Crippen LogP contribution >= 0.6 is 11.6 Å². The van der Waals surface area contributed by atoms with Crippen molar-refractivity contribution < 1.29 is 13.2 Å². The molecule has 1 unspecified atom stereocenters. The van der Waals surface area contributed by atoms with Crippen molar-refractivity contribution in [2.24, 2.45) is 0 Å². The number of hydrogen-bond acceptors (Lipinski definition) is 3. The van der Waals surface area contributed by atoms with Crippen LogP contribution < -0.4 is 0 Å². The fourth-order valence-corrected chi connectivity index (χ4v) is 5.36. The first-order valence-electron chi connectivity index (χ1n) is 6.80. The summed E-state index contributed by atoms with van der Waals surface area (Å²) in [5.41, 5.74) is 0. The molecule has 106 valence electrons. The molecule has 0 saturated carbocycles. The average Bonchev–Trinajstić information content (AvgIpc) is 2.65. The highest BCUT2D eigenvalue weighted by molar-refractivity contribution is 7.89. The van der Waals surface area contributed by atoms with Crippen LogP contribution in [0.15, 0.2) is 0 Å². The highest BCUT2D eigenvalue weighted by atomic mass is 35.5. The standard InChI is InChI=1S/C12H22ClNO3S/c13-10-11-4-2-1-3-7-14(11)18(15,16)12-5-8-17-9-6-12/h11-12H,1-10H2. The van der Waals surface area contributed by atoms with Gasteiger partial charge in [-0.2, -0.15) is 4.31 Å². The van der Waals surface area contributed by atoms with Gasteiger partial charge in [0.25, 0.3) is 0 Å². The Hall–Kier alpha value is 0.160. The van der Waals surface area contributed by atoms with E-state index in [0.29, 0.717) is 38.5 Å². The summed E-state index contributed by atoms with van der Waals surface area (Å²) in [5, 5.41) is -0.268. The van der Waals surface area contributed by atoms with Gasteiger partial charge in [0.05, 0.1) is 5.25 Å². The van der Waals surface area contributed by atoms with Gasteiger partial charge in [0, 0.05) is 31.7 Å². The van der Waals surface area contributed by atoms with Gasteiger partial charge in [-0.15, -0.1) is 11.6 Å². The summed E-state index contributed by atoms with van der Waals surface area (Å²) in [5.74, 6) is 0.405. The Balaban J connectivity index is 2.14. The Bertz CT molecular complexity index is 354. The lowest BCUT2D eigenvalue weighted by atomic mass is 10.1. The topological polar surface area (TPSA) is 46.6 Å². The summed E-state index contributed by atoms with van der Waals surface area (Å²) >= 11 is 5.96. The maximum Gasteiger partial charge on any atom is 0.217 e. The van der Waals surface area contributed by atoms with Crippen molar-refractivity contribution >= 4 is 21.6 Å². The fraction of sp³-hybridized carbons (Fsp3) is 1.00. The molecule has 2 aliphatic heterocycles. The molecule has 2 saturated heterocycles. The maximum atomic E-state index is 12.7. The number of nitrogens with zero attached hydrogens (tertiary/aromatic N) is 1. The van der Waals surface area contributed by atoms with E-state index in [9.17, 15) is 8.42 Å². The SMILES string of the molecule is O=S(=O)(C1CCOCC1)N1CCCCCC1CCl. The van der Waals surface area contributed by atoms with E-state index in [1.807, 2.05) is 0 Å². The second-order valence-electron chi connectivity index (χ2n) is 5.12. The summed E-state index contributed by atoms with van der Waals surface area (Å²) in [7, 11) is -3.20. The number of sulfonamides is 1. The second kappa shape index (κ2) is 6.55. The van der Waals surface area contributed by atoms with E-state index >= 15 is 0 Å². The quantitative estimate of drug-likeness (QED) is 0.748. The lowest BCUT2D eigenvalue weighted by Crippen LogP contribution is -2.47. The lowest BCUT2D eigenvalue weighted by Gasteiger charge is -2.33. The van der Waals surface area contributed by atoms with Crippen molar-refractivity contribution in [3.63, 3.8) is 0 Å². The zero-order valence-corrected chi connectivity index (χ0v) is 12.3. The molecule has 0 aromatic heterocycles. The first kappa shape index (κ1) is 14.6. The Morgan fingerprint density at radius 1 is 1.11 bits per heavy atom. The van der Waals surface area contributed by atoms with Gasteiger partial charge >= 0.3 is 0 Å². The largest absolute Gasteiger partial charge is 0.381 e. The molecule has 0 N–H and O–H groups in total. The Labute approximate surface area is 115 Å². The van der Waals surface area contributed by atoms with Gasteiger partial charge in [-0.25, -0.2) is 8.42 Å². The van der Waals surface area contributed by atoms with E-state index < -0.39 is 10.0 Å². The number of alkyl halides is 1. The summed E-state index contributed by atoms with van der Waals surface area (Å²) in [6.07, 6.45) is 5.27. The predicted molar refractivity (Wildman–Crippen MR) is 72.4 cm³/mol. The van der Waals surface area contributed by atoms with Crippen molar-refractivity contribution in [2.75, 3.05) is 25.6 Å². The molecule has 4 nitrogen and oxygen atoms in total. The van der Waals surface area contributed by atoms with Crippen LogP contribution in [0.4, 0.5) is 0 Å². The summed E-state index contributed by atoms with van der Waals surface area (Å²) < 4.78 is 32.3. The van der Waals surface area contributed by atoms with Crippen molar-refractivity contribution in [3.05, 3.63) is 0 Å². The zero-order valence-electron chi connectivity index (χ0n) is 10.7. The van der Waals surface area contributed by atoms with Gasteiger partial charge in [-0.05, 0) is 25.7 Å². The maximum absolute atomic E-state index is 12.7. The number of halogens is 1. The zero-order chi connectivity index (χ0) is 13.0. The number of ether oxygens (including phenoxy) is 1. The van der Waals surface area contributed by atoms with Crippen LogP contribution in [0.25, 0.3) is 0 Å². The van der Waals surface area contributed by atoms with E-state index in [-0.39, 0.29) is 11.3 Å². The minimum Gasteiger partial charge on any atom is -0.381 e. The van der Waals surface area contributed by atoms with Crippen molar-refractivity contribution in [1.82, 2.24) is 4.31 Å². The first-order valence-corrected chi connectivity index (χ1v) is 8.84. The lowest BCUT2D eigenvalue weighted by molar-refractivity contribution is 0.0968. The second-order valence-corrected chi connectivity index (χ2v) is 7.60. The number of hydrogen-bond donors (Lipinski definition) is 0. The predicted octanol–water partition coefficient (Wildman–Crippen LogP) is 1.98. The third-order valence-electron chi connectivity index (χ3n) is 3.92. The summed E-state index contributed by atoms with van der Waals surface area (Å²) in [4.78, 5) is 0. The van der Waals surface area contributed by atoms with Gasteiger partial charge in [0.1, 0.15) is 0 Å². The smallest absolute Gasteiger partial charge is 0.217 e. The van der Waals surface area contributed by atoms with E-state index in [4.69, 9.17) is 16.3 Å². The molecule has 0 aromatic rings. The van der Waals surface area contributed by atoms with Gasteiger partial charge in [-0.1, -0.05) is 12.8 Å². The van der Waals surface area contributed by atoms with Crippen molar-refractivity contribution in [1.29, 1.82) is 0 Å². The third-order valence-corrected chi connectivity index (χ3v) is 6.72. The molecule has 2 rings (SSSR count). The Morgan fingerprint density at radius 3 is 2.50 bits per heavy atom. The van der Waals surface area contributed by atoms with Crippen LogP contribution in [0.2, 0.25) is 0 Å². The van der Waals surface area contributed by atoms with Gasteiger partial charge in [-0.3, -0.25) is 0 Å². The summed E-state index contributed by atoms with van der Waals surface area (Å²) in [6, 6.07) is -0.0120. The van der Waals surface area contributed by atoms with Crippen LogP contribution in [0, 0.1) is 0 Å². The summed E-state index contributed by atoms with van der Waals surface area (Å²) in [6.45, 7) is 1.75. The van der Waals surface area contributed by atoms with E-state index in [1.54, 1.807) is 4.31 Å². The van der Waals surface area contributed by atoms with E-state index in [2.05, 4.69) is 0 Å². The van der Waals surface area contributed by atoms with Crippen molar-refractivity contribution in [2.45, 2.75) is 49.8 Å². The first-order chi connectivity index (χ1) is 8.66. The third kappa shape index (κ3) is 3.18. The van der Waals surface area contributed by atoms with Crippen molar-refractivity contribution in [3.8, 4) is 0 Å². The Morgan fingerprint density at radius 2 is 1.83 bits per heavy atom. The van der Waals surface area contributed by atoms with Gasteiger partial charge < -0.3 is 4.74 Å². The highest BCUT2D eigenvalue weighted by Gasteiger charge is 2.37. The minimum absolute atomic E-state index is 0.0120. The molecule has 0 bridgehead atoms. The fourth-order valence-electron chi connectivity index (χ4n) is 2.81. The minimum atomic E-state index is -3.20. The van der Waals surface area contributed by atoms with Crippen LogP contribution in [0.1, 0.15) is 38.5 Å². The highest BCUT2D eigenvalue weighted by Crippen LogP contribution is 2.26. The molecule has 0 radical (unpaired) electrons. The molecule has 6 heteroatoms. The van der Waals surface area contributed by atoms with Gasteiger partial charge in [0.2, 0.25) is 10.0 Å². The molecule has 0 aliphatic carbocycles. The molecular weight excluding hydrogens is 274 g/mol. The molecule has 2 fully saturated rings. The molecule has 0 amide bonds. The van der Waals surface area contributed by atoms with Crippen LogP contribution in [0.5, 0.6) is 0 Å². The molecule has 0 aromatic carbocycles.